The molecule has 0 aromatic heterocycles. The van der Waals surface area contributed by atoms with Crippen molar-refractivity contribution in [1.82, 2.24) is 0 Å². The van der Waals surface area contributed by atoms with Crippen LogP contribution in [0.2, 0.25) is 0 Å². The van der Waals surface area contributed by atoms with Gasteiger partial charge in [-0.05, 0) is 26.0 Å². The van der Waals surface area contributed by atoms with Crippen molar-refractivity contribution >= 4 is 11.4 Å². The Kier molecular flexibility index (Phi) is 6.73. The number of hydrogen-bond acceptors (Lipinski definition) is 6. The Balaban J connectivity index is 0.000000257. The van der Waals surface area contributed by atoms with Crippen LogP contribution in [0.3, 0.4) is 0 Å². The molecule has 0 spiro atoms. The van der Waals surface area contributed by atoms with Crippen molar-refractivity contribution in [2.75, 3.05) is 0 Å². The molecule has 0 heterocycles. The summed E-state index contributed by atoms with van der Waals surface area (Å²) in [6.07, 6.45) is -0.226. The summed E-state index contributed by atoms with van der Waals surface area (Å²) in [5.74, 6) is -1.95. The van der Waals surface area contributed by atoms with Crippen molar-refractivity contribution in [2.45, 2.75) is 20.0 Å². The van der Waals surface area contributed by atoms with Gasteiger partial charge in [-0.3, -0.25) is 20.2 Å². The molecule has 1 N–H and O–H groups in total. The molecule has 0 aliphatic carbocycles. The van der Waals surface area contributed by atoms with Crippen molar-refractivity contribution in [3.8, 4) is 11.5 Å². The van der Waals surface area contributed by atoms with E-state index in [-0.39, 0.29) is 17.5 Å². The molecule has 0 aliphatic heterocycles. The number of rotatable bonds is 4. The summed E-state index contributed by atoms with van der Waals surface area (Å²) in [6, 6.07) is 5.65. The summed E-state index contributed by atoms with van der Waals surface area (Å²) in [6.45, 7) is 3.43. The first-order valence-electron chi connectivity index (χ1n) is 6.85. The second-order valence-electron chi connectivity index (χ2n) is 4.93. The molecule has 2 aromatic carbocycles. The highest BCUT2D eigenvalue weighted by molar-refractivity contribution is 5.46. The molecule has 10 heteroatoms. The van der Waals surface area contributed by atoms with E-state index in [1.165, 1.54) is 0 Å². The zero-order valence-corrected chi connectivity index (χ0v) is 13.2. The Bertz CT molecular complexity index is 783. The Morgan fingerprint density at radius 1 is 0.960 bits per heavy atom. The van der Waals surface area contributed by atoms with E-state index < -0.39 is 32.9 Å². The van der Waals surface area contributed by atoms with Crippen LogP contribution in [0, 0.1) is 31.9 Å². The lowest BCUT2D eigenvalue weighted by atomic mass is 10.3. The van der Waals surface area contributed by atoms with E-state index in [0.29, 0.717) is 6.07 Å². The molecule has 0 bridgehead atoms. The van der Waals surface area contributed by atoms with Crippen LogP contribution in [-0.4, -0.2) is 21.1 Å². The molecule has 0 fully saturated rings. The van der Waals surface area contributed by atoms with Crippen LogP contribution in [0.4, 0.5) is 20.2 Å². The van der Waals surface area contributed by atoms with Crippen LogP contribution in [0.15, 0.2) is 36.4 Å². The number of phenolic OH excluding ortho intramolecular Hbond substituents is 1. The molecule has 2 rings (SSSR count). The number of nitro groups is 2. The predicted molar refractivity (Wildman–Crippen MR) is 83.5 cm³/mol. The number of benzene rings is 2. The molecular formula is C15H14F2N2O6. The number of nitro benzene ring substituents is 2. The van der Waals surface area contributed by atoms with Crippen molar-refractivity contribution < 1.29 is 28.5 Å². The highest BCUT2D eigenvalue weighted by Gasteiger charge is 2.16. The Morgan fingerprint density at radius 2 is 1.44 bits per heavy atom. The lowest BCUT2D eigenvalue weighted by Gasteiger charge is -2.09. The Labute approximate surface area is 140 Å². The van der Waals surface area contributed by atoms with Gasteiger partial charge in [0.05, 0.1) is 16.0 Å². The van der Waals surface area contributed by atoms with Crippen LogP contribution in [0.5, 0.6) is 11.5 Å². The topological polar surface area (TPSA) is 116 Å². The molecule has 0 radical (unpaired) electrons. The van der Waals surface area contributed by atoms with Gasteiger partial charge in [0.25, 0.3) is 0 Å². The molecule has 0 saturated carbocycles. The second-order valence-corrected chi connectivity index (χ2v) is 4.93. The number of aromatic hydroxyl groups is 1. The smallest absolute Gasteiger partial charge is 0.311 e. The van der Waals surface area contributed by atoms with Gasteiger partial charge >= 0.3 is 11.4 Å². The largest absolute Gasteiger partial charge is 0.502 e. The minimum Gasteiger partial charge on any atom is -0.502 e. The van der Waals surface area contributed by atoms with E-state index in [2.05, 4.69) is 0 Å². The maximum absolute atomic E-state index is 12.8. The lowest BCUT2D eigenvalue weighted by Crippen LogP contribution is -2.07. The third-order valence-electron chi connectivity index (χ3n) is 2.62. The average Bonchev–Trinajstić information content (AvgIpc) is 2.46. The molecule has 0 atom stereocenters. The van der Waals surface area contributed by atoms with Gasteiger partial charge in [-0.1, -0.05) is 0 Å². The van der Waals surface area contributed by atoms with Gasteiger partial charge in [0.2, 0.25) is 0 Å². The number of nitrogens with zero attached hydrogens (tertiary/aromatic N) is 2. The number of ether oxygens (including phenoxy) is 1. The summed E-state index contributed by atoms with van der Waals surface area (Å²) in [4.78, 5) is 19.2. The normalized spacial score (nSPS) is 9.96. The average molecular weight is 356 g/mol. The minimum atomic E-state index is -0.783. The van der Waals surface area contributed by atoms with Crippen molar-refractivity contribution in [3.63, 3.8) is 0 Å². The number of phenols is 1. The van der Waals surface area contributed by atoms with E-state index in [1.807, 2.05) is 0 Å². The zero-order chi connectivity index (χ0) is 19.1. The van der Waals surface area contributed by atoms with Crippen LogP contribution in [0.25, 0.3) is 0 Å². The van der Waals surface area contributed by atoms with Crippen LogP contribution < -0.4 is 4.74 Å². The first-order valence-corrected chi connectivity index (χ1v) is 6.85. The van der Waals surface area contributed by atoms with E-state index in [1.54, 1.807) is 13.8 Å². The molecular weight excluding hydrogens is 342 g/mol. The molecule has 0 unspecified atom stereocenters. The third kappa shape index (κ3) is 6.01. The van der Waals surface area contributed by atoms with Gasteiger partial charge in [-0.2, -0.15) is 0 Å². The van der Waals surface area contributed by atoms with Gasteiger partial charge in [-0.15, -0.1) is 0 Å². The summed E-state index contributed by atoms with van der Waals surface area (Å²) in [5.41, 5.74) is -0.716. The van der Waals surface area contributed by atoms with Crippen LogP contribution in [-0.2, 0) is 0 Å². The lowest BCUT2D eigenvalue weighted by molar-refractivity contribution is -0.386. The van der Waals surface area contributed by atoms with Gasteiger partial charge in [0.15, 0.2) is 11.5 Å². The van der Waals surface area contributed by atoms with E-state index in [4.69, 9.17) is 9.84 Å². The quantitative estimate of drug-likeness (QED) is 0.655. The zero-order valence-electron chi connectivity index (χ0n) is 13.2. The predicted octanol–water partition coefficient (Wildman–Crippen LogP) is 3.96. The van der Waals surface area contributed by atoms with Crippen LogP contribution >= 0.6 is 0 Å². The fraction of sp³-hybridized carbons (Fsp3) is 0.200. The van der Waals surface area contributed by atoms with E-state index in [9.17, 15) is 29.0 Å². The summed E-state index contributed by atoms with van der Waals surface area (Å²) < 4.78 is 30.1. The molecule has 0 aliphatic rings. The Morgan fingerprint density at radius 3 is 1.88 bits per heavy atom. The Hall–Kier alpha value is -3.30. The maximum atomic E-state index is 12.8. The van der Waals surface area contributed by atoms with Gasteiger partial charge < -0.3 is 9.84 Å². The van der Waals surface area contributed by atoms with Crippen molar-refractivity contribution in [1.29, 1.82) is 0 Å². The highest BCUT2D eigenvalue weighted by Crippen LogP contribution is 2.28. The monoisotopic (exact) mass is 356 g/mol. The first-order chi connectivity index (χ1) is 11.6. The third-order valence-corrected chi connectivity index (χ3v) is 2.62. The number of halogens is 2. The maximum Gasteiger partial charge on any atom is 0.311 e. The highest BCUT2D eigenvalue weighted by atomic mass is 19.1. The summed E-state index contributed by atoms with van der Waals surface area (Å²) in [7, 11) is 0. The fourth-order valence-electron chi connectivity index (χ4n) is 1.64. The van der Waals surface area contributed by atoms with Gasteiger partial charge in [-0.25, -0.2) is 8.78 Å². The standard InChI is InChI=1S/C9H10FNO3.C6H4FNO3/c1-6(2)14-9-5-7(10)3-4-8(9)11(12)13;7-4-1-2-5(8(10)11)6(9)3-4/h3-6H,1-2H3;1-3,9H. The van der Waals surface area contributed by atoms with E-state index >= 15 is 0 Å². The number of hydrogen-bond donors (Lipinski definition) is 1. The van der Waals surface area contributed by atoms with Crippen molar-refractivity contribution in [2.24, 2.45) is 0 Å². The molecule has 2 aromatic rings. The van der Waals surface area contributed by atoms with Gasteiger partial charge in [0.1, 0.15) is 11.6 Å². The van der Waals surface area contributed by atoms with Crippen LogP contribution in [0.1, 0.15) is 13.8 Å². The van der Waals surface area contributed by atoms with Gasteiger partial charge in [0, 0.05) is 24.3 Å². The molecule has 25 heavy (non-hydrogen) atoms. The SMILES string of the molecule is CC(C)Oc1cc(F)ccc1[N+](=O)[O-].O=[N+]([O-])c1ccc(F)cc1O. The molecule has 134 valence electrons. The first kappa shape index (κ1) is 19.7. The van der Waals surface area contributed by atoms with E-state index in [0.717, 1.165) is 30.3 Å². The summed E-state index contributed by atoms with van der Waals surface area (Å²) in [5, 5.41) is 29.4. The van der Waals surface area contributed by atoms with Crippen molar-refractivity contribution in [3.05, 3.63) is 68.3 Å². The minimum absolute atomic E-state index is 0.0370. The molecule has 8 nitrogen and oxygen atoms in total. The molecule has 0 amide bonds. The summed E-state index contributed by atoms with van der Waals surface area (Å²) >= 11 is 0. The second kappa shape index (κ2) is 8.52. The molecule has 0 saturated heterocycles. The fourth-order valence-corrected chi connectivity index (χ4v) is 1.64.